The van der Waals surface area contributed by atoms with Crippen LogP contribution in [-0.4, -0.2) is 43.3 Å². The third-order valence-corrected chi connectivity index (χ3v) is 3.71. The Balaban J connectivity index is 2.11. The largest absolute Gasteiger partial charge is 0.496 e. The first-order valence-electron chi connectivity index (χ1n) is 6.36. The SMILES string of the molecule is COc1ccc(CN(C)C2CCOC2)cc1C(N)=S. The van der Waals surface area contributed by atoms with Gasteiger partial charge >= 0.3 is 0 Å². The third kappa shape index (κ3) is 3.43. The summed E-state index contributed by atoms with van der Waals surface area (Å²) in [7, 11) is 3.74. The summed E-state index contributed by atoms with van der Waals surface area (Å²) in [5.74, 6) is 0.725. The van der Waals surface area contributed by atoms with Crippen LogP contribution in [0.15, 0.2) is 18.2 Å². The number of thiocarbonyl (C=S) groups is 1. The summed E-state index contributed by atoms with van der Waals surface area (Å²) in [6.45, 7) is 2.53. The number of benzene rings is 1. The zero-order valence-electron chi connectivity index (χ0n) is 11.4. The van der Waals surface area contributed by atoms with Crippen molar-refractivity contribution in [3.8, 4) is 5.75 Å². The first-order valence-corrected chi connectivity index (χ1v) is 6.77. The van der Waals surface area contributed by atoms with E-state index in [9.17, 15) is 0 Å². The highest BCUT2D eigenvalue weighted by Gasteiger charge is 2.20. The van der Waals surface area contributed by atoms with Crippen LogP contribution >= 0.6 is 12.2 Å². The molecule has 104 valence electrons. The van der Waals surface area contributed by atoms with Gasteiger partial charge in [-0.3, -0.25) is 4.90 Å². The predicted molar refractivity (Wildman–Crippen MR) is 79.6 cm³/mol. The van der Waals surface area contributed by atoms with Crippen molar-refractivity contribution in [3.63, 3.8) is 0 Å². The molecule has 0 aliphatic carbocycles. The molecule has 0 radical (unpaired) electrons. The zero-order chi connectivity index (χ0) is 13.8. The standard InChI is InChI=1S/C14H20N2O2S/c1-16(11-5-6-18-9-11)8-10-3-4-13(17-2)12(7-10)14(15)19/h3-4,7,11H,5-6,8-9H2,1-2H3,(H2,15,19). The van der Waals surface area contributed by atoms with Crippen molar-refractivity contribution in [2.75, 3.05) is 27.4 Å². The molecule has 0 bridgehead atoms. The Hall–Kier alpha value is -1.17. The van der Waals surface area contributed by atoms with Crippen LogP contribution in [0.3, 0.4) is 0 Å². The number of likely N-dealkylation sites (N-methyl/N-ethyl adjacent to an activating group) is 1. The monoisotopic (exact) mass is 280 g/mol. The maximum atomic E-state index is 5.73. The van der Waals surface area contributed by atoms with Gasteiger partial charge in [0, 0.05) is 19.2 Å². The molecule has 1 heterocycles. The molecule has 2 N–H and O–H groups in total. The fourth-order valence-corrected chi connectivity index (χ4v) is 2.49. The van der Waals surface area contributed by atoms with Gasteiger partial charge in [0.1, 0.15) is 10.7 Å². The Labute approximate surface area is 119 Å². The number of nitrogens with zero attached hydrogens (tertiary/aromatic N) is 1. The highest BCUT2D eigenvalue weighted by molar-refractivity contribution is 7.80. The van der Waals surface area contributed by atoms with Gasteiger partial charge in [-0.05, 0) is 31.2 Å². The number of ether oxygens (including phenoxy) is 2. The lowest BCUT2D eigenvalue weighted by atomic mass is 10.1. The van der Waals surface area contributed by atoms with E-state index in [2.05, 4.69) is 11.9 Å². The molecule has 1 unspecified atom stereocenters. The van der Waals surface area contributed by atoms with Crippen LogP contribution in [0.4, 0.5) is 0 Å². The van der Waals surface area contributed by atoms with Crippen LogP contribution in [0.1, 0.15) is 17.5 Å². The Kier molecular flexibility index (Phi) is 4.74. The molecule has 0 spiro atoms. The van der Waals surface area contributed by atoms with E-state index in [0.717, 1.165) is 37.5 Å². The highest BCUT2D eigenvalue weighted by Crippen LogP contribution is 2.21. The summed E-state index contributed by atoms with van der Waals surface area (Å²) in [4.78, 5) is 2.67. The van der Waals surface area contributed by atoms with Crippen LogP contribution in [0.5, 0.6) is 5.75 Å². The molecule has 1 aliphatic rings. The second kappa shape index (κ2) is 6.32. The van der Waals surface area contributed by atoms with Crippen LogP contribution < -0.4 is 10.5 Å². The molecule has 1 aromatic rings. The Morgan fingerprint density at radius 3 is 2.95 bits per heavy atom. The van der Waals surface area contributed by atoms with Crippen molar-refractivity contribution in [1.82, 2.24) is 4.90 Å². The summed E-state index contributed by atoms with van der Waals surface area (Å²) in [6, 6.07) is 6.47. The number of nitrogens with two attached hydrogens (primary N) is 1. The van der Waals surface area contributed by atoms with Crippen molar-refractivity contribution in [2.45, 2.75) is 19.0 Å². The van der Waals surface area contributed by atoms with Crippen molar-refractivity contribution >= 4 is 17.2 Å². The molecular weight excluding hydrogens is 260 g/mol. The van der Waals surface area contributed by atoms with Gasteiger partial charge in [0.25, 0.3) is 0 Å². The van der Waals surface area contributed by atoms with Gasteiger partial charge < -0.3 is 15.2 Å². The van der Waals surface area contributed by atoms with Gasteiger partial charge in [-0.25, -0.2) is 0 Å². The number of hydrogen-bond donors (Lipinski definition) is 1. The van der Waals surface area contributed by atoms with Crippen molar-refractivity contribution in [2.24, 2.45) is 5.73 Å². The molecule has 19 heavy (non-hydrogen) atoms. The van der Waals surface area contributed by atoms with Crippen LogP contribution in [0.25, 0.3) is 0 Å². The molecule has 1 fully saturated rings. The van der Waals surface area contributed by atoms with Crippen molar-refractivity contribution < 1.29 is 9.47 Å². The molecule has 0 aromatic heterocycles. The van der Waals surface area contributed by atoms with E-state index in [1.165, 1.54) is 5.56 Å². The maximum absolute atomic E-state index is 5.73. The minimum Gasteiger partial charge on any atom is -0.496 e. The summed E-state index contributed by atoms with van der Waals surface area (Å²) >= 11 is 5.06. The van der Waals surface area contributed by atoms with Crippen LogP contribution in [0, 0.1) is 0 Å². The topological polar surface area (TPSA) is 47.7 Å². The molecule has 0 amide bonds. The Bertz CT molecular complexity index is 459. The minimum absolute atomic E-state index is 0.366. The predicted octanol–water partition coefficient (Wildman–Crippen LogP) is 1.55. The molecular formula is C14H20N2O2S. The molecule has 1 saturated heterocycles. The molecule has 5 heteroatoms. The van der Waals surface area contributed by atoms with Gasteiger partial charge in [0.15, 0.2) is 0 Å². The second-order valence-electron chi connectivity index (χ2n) is 4.83. The van der Waals surface area contributed by atoms with Crippen molar-refractivity contribution in [3.05, 3.63) is 29.3 Å². The van der Waals surface area contributed by atoms with Gasteiger partial charge in [-0.1, -0.05) is 18.3 Å². The molecule has 4 nitrogen and oxygen atoms in total. The smallest absolute Gasteiger partial charge is 0.129 e. The van der Waals surface area contributed by atoms with E-state index in [-0.39, 0.29) is 0 Å². The van der Waals surface area contributed by atoms with Gasteiger partial charge in [-0.2, -0.15) is 0 Å². The number of methoxy groups -OCH3 is 1. The van der Waals surface area contributed by atoms with Gasteiger partial charge in [0.2, 0.25) is 0 Å². The minimum atomic E-state index is 0.366. The fourth-order valence-electron chi connectivity index (χ4n) is 2.33. The van der Waals surface area contributed by atoms with E-state index in [1.54, 1.807) is 7.11 Å². The molecule has 1 atom stereocenters. The highest BCUT2D eigenvalue weighted by atomic mass is 32.1. The van der Waals surface area contributed by atoms with Gasteiger partial charge in [0.05, 0.1) is 19.3 Å². The summed E-state index contributed by atoms with van der Waals surface area (Å²) in [6.07, 6.45) is 1.09. The van der Waals surface area contributed by atoms with Gasteiger partial charge in [-0.15, -0.1) is 0 Å². The van der Waals surface area contributed by atoms with Crippen LogP contribution in [-0.2, 0) is 11.3 Å². The Morgan fingerprint density at radius 2 is 2.37 bits per heavy atom. The lowest BCUT2D eigenvalue weighted by Crippen LogP contribution is -2.31. The molecule has 2 rings (SSSR count). The third-order valence-electron chi connectivity index (χ3n) is 3.49. The summed E-state index contributed by atoms with van der Waals surface area (Å²) in [5.41, 5.74) is 7.71. The van der Waals surface area contributed by atoms with E-state index < -0.39 is 0 Å². The summed E-state index contributed by atoms with van der Waals surface area (Å²) in [5, 5.41) is 0. The van der Waals surface area contributed by atoms with Crippen molar-refractivity contribution in [1.29, 1.82) is 0 Å². The second-order valence-corrected chi connectivity index (χ2v) is 5.27. The van der Waals surface area contributed by atoms with E-state index in [0.29, 0.717) is 11.0 Å². The quantitative estimate of drug-likeness (QED) is 0.829. The average molecular weight is 280 g/mol. The molecule has 0 saturated carbocycles. The Morgan fingerprint density at radius 1 is 1.58 bits per heavy atom. The lowest BCUT2D eigenvalue weighted by Gasteiger charge is -2.23. The lowest BCUT2D eigenvalue weighted by molar-refractivity contribution is 0.156. The van der Waals surface area contributed by atoms with E-state index >= 15 is 0 Å². The number of rotatable bonds is 5. The number of hydrogen-bond acceptors (Lipinski definition) is 4. The van der Waals surface area contributed by atoms with E-state index in [1.807, 2.05) is 18.2 Å². The first-order chi connectivity index (χ1) is 9.11. The molecule has 1 aromatic carbocycles. The maximum Gasteiger partial charge on any atom is 0.129 e. The zero-order valence-corrected chi connectivity index (χ0v) is 12.2. The van der Waals surface area contributed by atoms with E-state index in [4.69, 9.17) is 27.4 Å². The first kappa shape index (κ1) is 14.2. The summed E-state index contributed by atoms with van der Waals surface area (Å²) < 4.78 is 10.7. The molecule has 1 aliphatic heterocycles. The normalized spacial score (nSPS) is 18.8. The fraction of sp³-hybridized carbons (Fsp3) is 0.500. The van der Waals surface area contributed by atoms with Crippen LogP contribution in [0.2, 0.25) is 0 Å². The average Bonchev–Trinajstić information content (AvgIpc) is 2.92.